The molecular weight excluding hydrogens is 427 g/mol. The van der Waals surface area contributed by atoms with Gasteiger partial charge >= 0.3 is 5.97 Å². The van der Waals surface area contributed by atoms with Crippen molar-refractivity contribution in [3.05, 3.63) is 94.0 Å². The molecule has 0 radical (unpaired) electrons. The highest BCUT2D eigenvalue weighted by molar-refractivity contribution is 6.42. The van der Waals surface area contributed by atoms with Crippen LogP contribution in [0, 0.1) is 0 Å². The molecule has 7 heteroatoms. The minimum absolute atomic E-state index is 0.258. The Morgan fingerprint density at radius 2 is 1.40 bits per heavy atom. The number of carbonyl (C=O) groups is 2. The smallest absolute Gasteiger partial charge is 0.344 e. The van der Waals surface area contributed by atoms with E-state index in [0.717, 1.165) is 5.56 Å². The lowest BCUT2D eigenvalue weighted by Crippen LogP contribution is -2.19. The lowest BCUT2D eigenvalue weighted by Gasteiger charge is -2.09. The Kier molecular flexibility index (Phi) is 7.71. The summed E-state index contributed by atoms with van der Waals surface area (Å²) in [5.41, 5.74) is 1.38. The fourth-order valence-corrected chi connectivity index (χ4v) is 2.75. The molecule has 3 aromatic carbocycles. The molecule has 3 aromatic rings. The monoisotopic (exact) mass is 444 g/mol. The molecule has 0 amide bonds. The Balaban J connectivity index is 1.40. The highest BCUT2D eigenvalue weighted by Crippen LogP contribution is 2.23. The molecule has 0 heterocycles. The zero-order valence-electron chi connectivity index (χ0n) is 15.8. The summed E-state index contributed by atoms with van der Waals surface area (Å²) in [7, 11) is 0. The van der Waals surface area contributed by atoms with Crippen LogP contribution in [0.3, 0.4) is 0 Å². The van der Waals surface area contributed by atoms with E-state index in [-0.39, 0.29) is 17.4 Å². The van der Waals surface area contributed by atoms with Gasteiger partial charge < -0.3 is 14.2 Å². The minimum Gasteiger partial charge on any atom is -0.489 e. The summed E-state index contributed by atoms with van der Waals surface area (Å²) >= 11 is 11.7. The third-order valence-corrected chi connectivity index (χ3v) is 4.77. The van der Waals surface area contributed by atoms with Gasteiger partial charge in [-0.05, 0) is 48.0 Å². The lowest BCUT2D eigenvalue weighted by molar-refractivity contribution is -0.144. The van der Waals surface area contributed by atoms with Gasteiger partial charge in [0.25, 0.3) is 0 Å². The second-order valence-electron chi connectivity index (χ2n) is 6.25. The first kappa shape index (κ1) is 21.7. The zero-order chi connectivity index (χ0) is 21.3. The zero-order valence-corrected chi connectivity index (χ0v) is 17.4. The molecule has 0 bridgehead atoms. The van der Waals surface area contributed by atoms with E-state index in [9.17, 15) is 9.59 Å². The van der Waals surface area contributed by atoms with Crippen LogP contribution in [0.25, 0.3) is 0 Å². The Labute approximate surface area is 184 Å². The quantitative estimate of drug-likeness (QED) is 0.327. The summed E-state index contributed by atoms with van der Waals surface area (Å²) in [6.07, 6.45) is 0. The van der Waals surface area contributed by atoms with Gasteiger partial charge in [-0.3, -0.25) is 4.79 Å². The van der Waals surface area contributed by atoms with E-state index in [0.29, 0.717) is 28.7 Å². The van der Waals surface area contributed by atoms with Gasteiger partial charge in [-0.25, -0.2) is 4.79 Å². The largest absolute Gasteiger partial charge is 0.489 e. The van der Waals surface area contributed by atoms with Gasteiger partial charge in [-0.15, -0.1) is 0 Å². The first-order valence-corrected chi connectivity index (χ1v) is 9.80. The van der Waals surface area contributed by atoms with Gasteiger partial charge in [0.15, 0.2) is 19.0 Å². The van der Waals surface area contributed by atoms with Crippen LogP contribution in [0.5, 0.6) is 11.5 Å². The van der Waals surface area contributed by atoms with Gasteiger partial charge in [0.2, 0.25) is 0 Å². The molecule has 0 aliphatic carbocycles. The molecule has 154 valence electrons. The number of ketones is 1. The van der Waals surface area contributed by atoms with Crippen molar-refractivity contribution in [1.29, 1.82) is 0 Å². The van der Waals surface area contributed by atoms with Crippen LogP contribution in [-0.4, -0.2) is 25.0 Å². The Morgan fingerprint density at radius 1 is 0.733 bits per heavy atom. The molecule has 0 saturated heterocycles. The molecule has 0 aliphatic rings. The average Bonchev–Trinajstić information content (AvgIpc) is 2.78. The van der Waals surface area contributed by atoms with Crippen LogP contribution in [0.2, 0.25) is 10.0 Å². The van der Waals surface area contributed by atoms with Crippen molar-refractivity contribution in [2.45, 2.75) is 6.61 Å². The number of hydrogen-bond acceptors (Lipinski definition) is 5. The maximum absolute atomic E-state index is 12.1. The highest BCUT2D eigenvalue weighted by Gasteiger charge is 2.12. The molecule has 0 saturated carbocycles. The molecule has 0 spiro atoms. The fraction of sp³-hybridized carbons (Fsp3) is 0.130. The number of halogens is 2. The molecule has 0 N–H and O–H groups in total. The Morgan fingerprint density at radius 3 is 2.07 bits per heavy atom. The third-order valence-electron chi connectivity index (χ3n) is 4.03. The molecule has 3 rings (SSSR count). The van der Waals surface area contributed by atoms with Crippen molar-refractivity contribution in [2.24, 2.45) is 0 Å². The van der Waals surface area contributed by atoms with E-state index in [1.165, 1.54) is 18.2 Å². The van der Waals surface area contributed by atoms with Crippen molar-refractivity contribution in [1.82, 2.24) is 0 Å². The van der Waals surface area contributed by atoms with E-state index in [1.54, 1.807) is 24.3 Å². The minimum atomic E-state index is -0.659. The second-order valence-corrected chi connectivity index (χ2v) is 7.06. The van der Waals surface area contributed by atoms with Gasteiger partial charge in [0.1, 0.15) is 18.1 Å². The maximum atomic E-state index is 12.1. The summed E-state index contributed by atoms with van der Waals surface area (Å²) < 4.78 is 16.0. The van der Waals surface area contributed by atoms with Gasteiger partial charge in [-0.2, -0.15) is 0 Å². The van der Waals surface area contributed by atoms with Crippen molar-refractivity contribution < 1.29 is 23.8 Å². The van der Waals surface area contributed by atoms with Crippen LogP contribution >= 0.6 is 23.2 Å². The molecule has 5 nitrogen and oxygen atoms in total. The molecule has 0 aliphatic heterocycles. The van der Waals surface area contributed by atoms with Gasteiger partial charge in [-0.1, -0.05) is 53.5 Å². The van der Waals surface area contributed by atoms with Crippen molar-refractivity contribution in [2.75, 3.05) is 13.2 Å². The SMILES string of the molecule is O=C(COc1ccc(OCc2ccccc2)cc1)OCC(=O)c1ccc(Cl)c(Cl)c1. The third kappa shape index (κ3) is 6.51. The number of rotatable bonds is 9. The van der Waals surface area contributed by atoms with Crippen LogP contribution in [0.1, 0.15) is 15.9 Å². The standard InChI is InChI=1S/C23H18Cl2O5/c24-20-11-6-17(12-21(20)25)22(26)14-30-23(27)15-29-19-9-7-18(8-10-19)28-13-16-4-2-1-3-5-16/h1-12H,13-15H2. The van der Waals surface area contributed by atoms with E-state index < -0.39 is 12.6 Å². The molecule has 0 atom stereocenters. The number of ether oxygens (including phenoxy) is 3. The summed E-state index contributed by atoms with van der Waals surface area (Å²) in [6, 6.07) is 21.1. The average molecular weight is 445 g/mol. The number of benzene rings is 3. The lowest BCUT2D eigenvalue weighted by atomic mass is 10.1. The van der Waals surface area contributed by atoms with Crippen LogP contribution in [0.15, 0.2) is 72.8 Å². The first-order valence-electron chi connectivity index (χ1n) is 9.05. The summed E-state index contributed by atoms with van der Waals surface area (Å²) in [5, 5.41) is 0.600. The van der Waals surface area contributed by atoms with E-state index >= 15 is 0 Å². The molecule has 30 heavy (non-hydrogen) atoms. The fourth-order valence-electron chi connectivity index (χ4n) is 2.46. The summed E-state index contributed by atoms with van der Waals surface area (Å²) in [5.74, 6) is 0.116. The van der Waals surface area contributed by atoms with Crippen LogP contribution in [-0.2, 0) is 16.1 Å². The van der Waals surface area contributed by atoms with Crippen molar-refractivity contribution in [3.8, 4) is 11.5 Å². The second kappa shape index (κ2) is 10.7. The Hall–Kier alpha value is -3.02. The number of esters is 1. The highest BCUT2D eigenvalue weighted by atomic mass is 35.5. The predicted molar refractivity (Wildman–Crippen MR) is 114 cm³/mol. The summed E-state index contributed by atoms with van der Waals surface area (Å²) in [6.45, 7) is -0.272. The van der Waals surface area contributed by atoms with E-state index in [4.69, 9.17) is 37.4 Å². The molecular formula is C23H18Cl2O5. The van der Waals surface area contributed by atoms with E-state index in [1.807, 2.05) is 30.3 Å². The van der Waals surface area contributed by atoms with Crippen LogP contribution < -0.4 is 9.47 Å². The molecule has 0 unspecified atom stereocenters. The number of carbonyl (C=O) groups excluding carboxylic acids is 2. The predicted octanol–water partition coefficient (Wildman–Crippen LogP) is 5.38. The van der Waals surface area contributed by atoms with Crippen LogP contribution in [0.4, 0.5) is 0 Å². The first-order chi connectivity index (χ1) is 14.5. The van der Waals surface area contributed by atoms with Crippen molar-refractivity contribution >= 4 is 35.0 Å². The normalized spacial score (nSPS) is 10.3. The molecule has 0 aromatic heterocycles. The van der Waals surface area contributed by atoms with E-state index in [2.05, 4.69) is 0 Å². The van der Waals surface area contributed by atoms with Gasteiger partial charge in [0.05, 0.1) is 10.0 Å². The number of Topliss-reactive ketones (excluding diaryl/α,β-unsaturated/α-hetero) is 1. The maximum Gasteiger partial charge on any atom is 0.344 e. The van der Waals surface area contributed by atoms with Crippen molar-refractivity contribution in [3.63, 3.8) is 0 Å². The van der Waals surface area contributed by atoms with Gasteiger partial charge in [0, 0.05) is 5.56 Å². The summed E-state index contributed by atoms with van der Waals surface area (Å²) in [4.78, 5) is 23.9. The molecule has 0 fully saturated rings. The number of hydrogen-bond donors (Lipinski definition) is 0. The topological polar surface area (TPSA) is 61.8 Å². The Bertz CT molecular complexity index is 1000.